The highest BCUT2D eigenvalue weighted by Crippen LogP contribution is 2.31. The van der Waals surface area contributed by atoms with Crippen LogP contribution in [0, 0.1) is 0 Å². The molecule has 0 fully saturated rings. The molecule has 0 atom stereocenters. The van der Waals surface area contributed by atoms with Crippen LogP contribution in [0.4, 0.5) is 11.4 Å². The normalized spacial score (nSPS) is 12.9. The molecule has 0 saturated carbocycles. The molecule has 138 valence electrons. The van der Waals surface area contributed by atoms with Crippen molar-refractivity contribution in [2.24, 2.45) is 0 Å². The van der Waals surface area contributed by atoms with E-state index in [1.807, 2.05) is 18.2 Å². The van der Waals surface area contributed by atoms with Gasteiger partial charge in [0.2, 0.25) is 5.91 Å². The highest BCUT2D eigenvalue weighted by atomic mass is 35.5. The molecule has 0 unspecified atom stereocenters. The van der Waals surface area contributed by atoms with Crippen molar-refractivity contribution in [3.63, 3.8) is 0 Å². The van der Waals surface area contributed by atoms with Crippen molar-refractivity contribution in [2.75, 3.05) is 28.7 Å². The Hall–Kier alpha value is -1.69. The van der Waals surface area contributed by atoms with E-state index in [4.69, 9.17) is 17.3 Å². The molecule has 0 aromatic heterocycles. The molecule has 2 aromatic carbocycles. The van der Waals surface area contributed by atoms with Crippen LogP contribution in [-0.4, -0.2) is 29.7 Å². The summed E-state index contributed by atoms with van der Waals surface area (Å²) in [5.41, 5.74) is 9.32. The van der Waals surface area contributed by atoms with Crippen LogP contribution in [0.25, 0.3) is 0 Å². The second-order valence-electron chi connectivity index (χ2n) is 5.92. The number of hydrogen-bond acceptors (Lipinski definition) is 4. The highest BCUT2D eigenvalue weighted by Gasteiger charge is 2.23. The first-order valence-electron chi connectivity index (χ1n) is 8.10. The Morgan fingerprint density at radius 3 is 2.58 bits per heavy atom. The lowest BCUT2D eigenvalue weighted by atomic mass is 10.00. The quantitative estimate of drug-likeness (QED) is 0.591. The van der Waals surface area contributed by atoms with Crippen molar-refractivity contribution in [3.8, 4) is 0 Å². The molecular weight excluding hydrogens is 391 g/mol. The Labute approximate surface area is 168 Å². The van der Waals surface area contributed by atoms with Crippen LogP contribution in [0.1, 0.15) is 22.3 Å². The third-order valence-corrected chi connectivity index (χ3v) is 5.38. The summed E-state index contributed by atoms with van der Waals surface area (Å²) in [7, 11) is 0. The molecule has 3 rings (SSSR count). The fourth-order valence-electron chi connectivity index (χ4n) is 2.94. The lowest BCUT2D eigenvalue weighted by Crippen LogP contribution is -2.37. The number of Topliss-reactive ketones (excluding diaryl/α,β-unsaturated/α-hetero) is 1. The van der Waals surface area contributed by atoms with Crippen molar-refractivity contribution < 1.29 is 9.59 Å². The van der Waals surface area contributed by atoms with Crippen LogP contribution in [0.15, 0.2) is 42.5 Å². The largest absolute Gasteiger partial charge is 0.398 e. The number of carbonyl (C=O) groups excluding carboxylic acids is 2. The molecule has 1 aliphatic rings. The van der Waals surface area contributed by atoms with Gasteiger partial charge in [0.05, 0.1) is 11.5 Å². The van der Waals surface area contributed by atoms with Crippen LogP contribution in [-0.2, 0) is 11.2 Å². The molecule has 1 aliphatic heterocycles. The van der Waals surface area contributed by atoms with Gasteiger partial charge in [0.25, 0.3) is 0 Å². The Bertz CT molecular complexity index is 797. The van der Waals surface area contributed by atoms with Crippen LogP contribution in [0.3, 0.4) is 0 Å². The number of anilines is 2. The van der Waals surface area contributed by atoms with Crippen LogP contribution in [0.2, 0.25) is 5.02 Å². The number of fused-ring (bicyclic) bond motifs is 1. The van der Waals surface area contributed by atoms with E-state index in [1.165, 1.54) is 11.8 Å². The zero-order valence-electron chi connectivity index (χ0n) is 14.1. The fourth-order valence-corrected chi connectivity index (χ4v) is 3.85. The standard InChI is InChI=1S/C19H19ClN2O2S.ClH/c20-14-8-6-13(7-9-14)18(23)11-25-12-19(24)22-10-2-3-15-16(21)4-1-5-17(15)22;/h1,4-9H,2-3,10-12,21H2;1H. The molecule has 0 saturated heterocycles. The average molecular weight is 411 g/mol. The van der Waals surface area contributed by atoms with Crippen molar-refractivity contribution in [1.29, 1.82) is 0 Å². The number of amides is 1. The van der Waals surface area contributed by atoms with Gasteiger partial charge in [-0.25, -0.2) is 0 Å². The van der Waals surface area contributed by atoms with Crippen molar-refractivity contribution in [3.05, 3.63) is 58.6 Å². The number of halogens is 2. The zero-order chi connectivity index (χ0) is 17.8. The predicted molar refractivity (Wildman–Crippen MR) is 112 cm³/mol. The van der Waals surface area contributed by atoms with E-state index in [0.29, 0.717) is 17.1 Å². The molecule has 2 N–H and O–H groups in total. The first-order valence-corrected chi connectivity index (χ1v) is 9.64. The molecule has 1 heterocycles. The van der Waals surface area contributed by atoms with E-state index in [0.717, 1.165) is 29.8 Å². The molecule has 0 radical (unpaired) electrons. The van der Waals surface area contributed by atoms with Crippen LogP contribution >= 0.6 is 35.8 Å². The molecule has 26 heavy (non-hydrogen) atoms. The van der Waals surface area contributed by atoms with E-state index in [1.54, 1.807) is 29.2 Å². The highest BCUT2D eigenvalue weighted by molar-refractivity contribution is 8.00. The van der Waals surface area contributed by atoms with E-state index in [2.05, 4.69) is 0 Å². The maximum Gasteiger partial charge on any atom is 0.236 e. The van der Waals surface area contributed by atoms with Gasteiger partial charge in [-0.15, -0.1) is 24.2 Å². The minimum Gasteiger partial charge on any atom is -0.398 e. The third kappa shape index (κ3) is 4.72. The van der Waals surface area contributed by atoms with Crippen LogP contribution in [0.5, 0.6) is 0 Å². The summed E-state index contributed by atoms with van der Waals surface area (Å²) in [5.74, 6) is 0.552. The van der Waals surface area contributed by atoms with Crippen LogP contribution < -0.4 is 10.6 Å². The summed E-state index contributed by atoms with van der Waals surface area (Å²) >= 11 is 7.16. The van der Waals surface area contributed by atoms with E-state index >= 15 is 0 Å². The van der Waals surface area contributed by atoms with Gasteiger partial charge in [-0.05, 0) is 54.8 Å². The summed E-state index contributed by atoms with van der Waals surface area (Å²) in [4.78, 5) is 26.5. The topological polar surface area (TPSA) is 63.4 Å². The van der Waals surface area contributed by atoms with Gasteiger partial charge >= 0.3 is 0 Å². The number of rotatable bonds is 5. The summed E-state index contributed by atoms with van der Waals surface area (Å²) in [6.45, 7) is 0.695. The monoisotopic (exact) mass is 410 g/mol. The second kappa shape index (κ2) is 9.31. The van der Waals surface area contributed by atoms with Gasteiger partial charge in [-0.2, -0.15) is 0 Å². The Morgan fingerprint density at radius 2 is 1.85 bits per heavy atom. The maximum atomic E-state index is 12.6. The average Bonchev–Trinajstić information content (AvgIpc) is 2.62. The van der Waals surface area contributed by atoms with Gasteiger partial charge in [-0.1, -0.05) is 17.7 Å². The number of nitrogens with zero attached hydrogens (tertiary/aromatic N) is 1. The Kier molecular flexibility index (Phi) is 7.38. The molecule has 0 bridgehead atoms. The number of carbonyl (C=O) groups is 2. The fraction of sp³-hybridized carbons (Fsp3) is 0.263. The number of thioether (sulfide) groups is 1. The summed E-state index contributed by atoms with van der Waals surface area (Å²) < 4.78 is 0. The Balaban J connectivity index is 0.00000243. The number of hydrogen-bond donors (Lipinski definition) is 1. The molecule has 4 nitrogen and oxygen atoms in total. The molecule has 2 aromatic rings. The first kappa shape index (κ1) is 20.6. The minimum absolute atomic E-state index is 0. The zero-order valence-corrected chi connectivity index (χ0v) is 16.5. The number of benzene rings is 2. The molecule has 1 amide bonds. The Morgan fingerprint density at radius 1 is 1.12 bits per heavy atom. The van der Waals surface area contributed by atoms with Gasteiger partial charge < -0.3 is 10.6 Å². The summed E-state index contributed by atoms with van der Waals surface area (Å²) in [5, 5.41) is 0.599. The maximum absolute atomic E-state index is 12.6. The van der Waals surface area contributed by atoms with Gasteiger partial charge in [0, 0.05) is 28.5 Å². The lowest BCUT2D eigenvalue weighted by Gasteiger charge is -2.30. The summed E-state index contributed by atoms with van der Waals surface area (Å²) in [6, 6.07) is 12.5. The number of nitrogens with two attached hydrogens (primary N) is 1. The smallest absolute Gasteiger partial charge is 0.236 e. The van der Waals surface area contributed by atoms with E-state index in [-0.39, 0.29) is 35.6 Å². The number of ketones is 1. The molecule has 0 spiro atoms. The molecule has 0 aliphatic carbocycles. The third-order valence-electron chi connectivity index (χ3n) is 4.21. The SMILES string of the molecule is Cl.Nc1cccc2c1CCCN2C(=O)CSCC(=O)c1ccc(Cl)cc1. The second-order valence-corrected chi connectivity index (χ2v) is 7.34. The van der Waals surface area contributed by atoms with E-state index < -0.39 is 0 Å². The van der Waals surface area contributed by atoms with Gasteiger partial charge in [-0.3, -0.25) is 9.59 Å². The van der Waals surface area contributed by atoms with Crippen molar-refractivity contribution >= 4 is 58.8 Å². The minimum atomic E-state index is -0.00208. The molecular formula is C19H20Cl2N2O2S. The van der Waals surface area contributed by atoms with Gasteiger partial charge in [0.1, 0.15) is 0 Å². The summed E-state index contributed by atoms with van der Waals surface area (Å²) in [6.07, 6.45) is 1.80. The number of nitrogen functional groups attached to an aromatic ring is 1. The van der Waals surface area contributed by atoms with Crippen molar-refractivity contribution in [1.82, 2.24) is 0 Å². The first-order chi connectivity index (χ1) is 12.1. The van der Waals surface area contributed by atoms with Crippen molar-refractivity contribution in [2.45, 2.75) is 12.8 Å². The van der Waals surface area contributed by atoms with E-state index in [9.17, 15) is 9.59 Å². The lowest BCUT2D eigenvalue weighted by molar-refractivity contribution is -0.116. The van der Waals surface area contributed by atoms with Gasteiger partial charge in [0.15, 0.2) is 5.78 Å². The predicted octanol–water partition coefficient (Wildman–Crippen LogP) is 4.24. The molecule has 7 heteroatoms.